The van der Waals surface area contributed by atoms with E-state index in [1.54, 1.807) is 0 Å². The van der Waals surface area contributed by atoms with Crippen molar-refractivity contribution in [2.24, 2.45) is 11.3 Å². The van der Waals surface area contributed by atoms with Gasteiger partial charge in [0.25, 0.3) is 5.91 Å². The van der Waals surface area contributed by atoms with E-state index in [1.165, 1.54) is 4.90 Å². The summed E-state index contributed by atoms with van der Waals surface area (Å²) in [6.07, 6.45) is 3.65. The maximum atomic E-state index is 12.5. The molecule has 1 spiro atoms. The van der Waals surface area contributed by atoms with Crippen molar-refractivity contribution in [3.05, 3.63) is 0 Å². The van der Waals surface area contributed by atoms with E-state index < -0.39 is 5.54 Å². The van der Waals surface area contributed by atoms with Gasteiger partial charge in [-0.05, 0) is 24.2 Å². The Morgan fingerprint density at radius 3 is 2.37 bits per heavy atom. The summed E-state index contributed by atoms with van der Waals surface area (Å²) < 4.78 is 0. The average Bonchev–Trinajstić information content (AvgIpc) is 2.84. The van der Waals surface area contributed by atoms with E-state index in [1.807, 2.05) is 0 Å². The smallest absolute Gasteiger partial charge is 0.323 e. The van der Waals surface area contributed by atoms with Crippen LogP contribution in [0.1, 0.15) is 46.5 Å². The van der Waals surface area contributed by atoms with Gasteiger partial charge in [-0.25, -0.2) is 4.79 Å². The molecule has 4 nitrogen and oxygen atoms in total. The van der Waals surface area contributed by atoms with Gasteiger partial charge in [-0.1, -0.05) is 49.5 Å². The van der Waals surface area contributed by atoms with Gasteiger partial charge in [0.1, 0.15) is 5.54 Å². The fourth-order valence-electron chi connectivity index (χ4n) is 2.93. The van der Waals surface area contributed by atoms with Gasteiger partial charge < -0.3 is 5.32 Å². The average molecular weight is 331 g/mol. The predicted molar refractivity (Wildman–Crippen MR) is 78.2 cm³/mol. The number of nitrogens with one attached hydrogen (secondary N) is 1. The quantitative estimate of drug-likeness (QED) is 0.639. The fourth-order valence-corrected chi connectivity index (χ4v) is 4.11. The zero-order valence-electron chi connectivity index (χ0n) is 12.0. The van der Waals surface area contributed by atoms with Crippen LogP contribution < -0.4 is 5.32 Å². The van der Waals surface area contributed by atoms with Gasteiger partial charge >= 0.3 is 6.03 Å². The number of hydrogen-bond donors (Lipinski definition) is 1. The van der Waals surface area contributed by atoms with Crippen molar-refractivity contribution in [3.8, 4) is 0 Å². The van der Waals surface area contributed by atoms with Crippen LogP contribution in [0.5, 0.6) is 0 Å². The van der Waals surface area contributed by atoms with Crippen LogP contribution in [-0.2, 0) is 4.79 Å². The summed E-state index contributed by atoms with van der Waals surface area (Å²) in [6.45, 7) is 6.93. The van der Waals surface area contributed by atoms with Crippen molar-refractivity contribution in [2.45, 2.75) is 52.0 Å². The monoisotopic (exact) mass is 330 g/mol. The van der Waals surface area contributed by atoms with E-state index in [2.05, 4.69) is 42.0 Å². The highest BCUT2D eigenvalue weighted by Crippen LogP contribution is 2.36. The highest BCUT2D eigenvalue weighted by Gasteiger charge is 2.52. The lowest BCUT2D eigenvalue weighted by molar-refractivity contribution is -0.131. The predicted octanol–water partition coefficient (Wildman–Crippen LogP) is 2.91. The second-order valence-electron chi connectivity index (χ2n) is 6.85. The van der Waals surface area contributed by atoms with Gasteiger partial charge in [0.05, 0.1) is 0 Å². The Balaban J connectivity index is 2.13. The second kappa shape index (κ2) is 5.08. The third kappa shape index (κ3) is 2.67. The van der Waals surface area contributed by atoms with Crippen LogP contribution in [-0.4, -0.2) is 34.3 Å². The number of amides is 3. The molecule has 2 fully saturated rings. The molecule has 2 aliphatic rings. The number of rotatable bonds is 3. The van der Waals surface area contributed by atoms with Gasteiger partial charge in [0.15, 0.2) is 0 Å². The summed E-state index contributed by atoms with van der Waals surface area (Å²) in [6, 6.07) is -0.206. The van der Waals surface area contributed by atoms with Crippen LogP contribution in [0.2, 0.25) is 0 Å². The molecule has 1 atom stereocenters. The Bertz CT molecular complexity index is 383. The summed E-state index contributed by atoms with van der Waals surface area (Å²) >= 11 is 3.50. The topological polar surface area (TPSA) is 49.4 Å². The molecule has 1 N–H and O–H groups in total. The van der Waals surface area contributed by atoms with Gasteiger partial charge in [0, 0.05) is 11.9 Å². The van der Waals surface area contributed by atoms with Crippen LogP contribution in [0.15, 0.2) is 0 Å². The van der Waals surface area contributed by atoms with Crippen LogP contribution in [0.4, 0.5) is 4.79 Å². The van der Waals surface area contributed by atoms with Crippen molar-refractivity contribution in [2.75, 3.05) is 11.9 Å². The normalized spacial score (nSPS) is 24.1. The van der Waals surface area contributed by atoms with Gasteiger partial charge in [-0.2, -0.15) is 0 Å². The lowest BCUT2D eigenvalue weighted by Gasteiger charge is -2.32. The molecule has 1 saturated heterocycles. The third-order valence-corrected chi connectivity index (χ3v) is 5.30. The molecule has 0 bridgehead atoms. The maximum absolute atomic E-state index is 12.5. The summed E-state index contributed by atoms with van der Waals surface area (Å²) in [4.78, 5) is 26.1. The van der Waals surface area contributed by atoms with Crippen LogP contribution in [0.25, 0.3) is 0 Å². The zero-order chi connectivity index (χ0) is 14.3. The standard InChI is InChI=1S/C14H23BrN2O2/c1-13(2,3)10(8-15)9-17-11(18)14(16-12(17)19)6-4-5-7-14/h10H,4-9H2,1-3H3,(H,16,19). The largest absolute Gasteiger partial charge is 0.325 e. The van der Waals surface area contributed by atoms with E-state index in [0.29, 0.717) is 6.54 Å². The Labute approximate surface area is 123 Å². The van der Waals surface area contributed by atoms with Gasteiger partial charge in [-0.15, -0.1) is 0 Å². The number of nitrogens with zero attached hydrogens (tertiary/aromatic N) is 1. The van der Waals surface area contributed by atoms with Gasteiger partial charge in [-0.3, -0.25) is 9.69 Å². The van der Waals surface area contributed by atoms with E-state index in [-0.39, 0.29) is 23.3 Å². The first kappa shape index (κ1) is 14.8. The summed E-state index contributed by atoms with van der Waals surface area (Å²) in [7, 11) is 0. The Morgan fingerprint density at radius 2 is 1.89 bits per heavy atom. The third-order valence-electron chi connectivity index (χ3n) is 4.52. The van der Waals surface area contributed by atoms with Crippen LogP contribution in [0, 0.1) is 11.3 Å². The second-order valence-corrected chi connectivity index (χ2v) is 7.50. The van der Waals surface area contributed by atoms with Crippen molar-refractivity contribution >= 4 is 27.9 Å². The van der Waals surface area contributed by atoms with E-state index in [4.69, 9.17) is 0 Å². The molecule has 0 aromatic heterocycles. The molecule has 0 aromatic carbocycles. The molecule has 0 aromatic rings. The summed E-state index contributed by atoms with van der Waals surface area (Å²) in [5.74, 6) is 0.254. The molecule has 1 heterocycles. The summed E-state index contributed by atoms with van der Waals surface area (Å²) in [5.41, 5.74) is -0.513. The Hall–Kier alpha value is -0.580. The highest BCUT2D eigenvalue weighted by atomic mass is 79.9. The molecule has 1 aliphatic carbocycles. The number of alkyl halides is 1. The fraction of sp³-hybridized carbons (Fsp3) is 0.857. The number of carbonyl (C=O) groups is 2. The molecular formula is C14H23BrN2O2. The number of hydrogen-bond acceptors (Lipinski definition) is 2. The molecule has 108 valence electrons. The van der Waals surface area contributed by atoms with Gasteiger partial charge in [0.2, 0.25) is 0 Å². The minimum absolute atomic E-state index is 0.00907. The lowest BCUT2D eigenvalue weighted by atomic mass is 9.81. The molecule has 2 rings (SSSR count). The molecule has 1 unspecified atom stereocenters. The van der Waals surface area contributed by atoms with Crippen LogP contribution >= 0.6 is 15.9 Å². The SMILES string of the molecule is CC(C)(C)C(CBr)CN1C(=O)NC2(CCCC2)C1=O. The van der Waals surface area contributed by atoms with Crippen molar-refractivity contribution in [1.29, 1.82) is 0 Å². The van der Waals surface area contributed by atoms with Crippen LogP contribution in [0.3, 0.4) is 0 Å². The molecule has 19 heavy (non-hydrogen) atoms. The Morgan fingerprint density at radius 1 is 1.32 bits per heavy atom. The molecule has 0 radical (unpaired) electrons. The molecule has 1 saturated carbocycles. The first-order valence-corrected chi connectivity index (χ1v) is 8.12. The zero-order valence-corrected chi connectivity index (χ0v) is 13.5. The number of halogens is 1. The van der Waals surface area contributed by atoms with E-state index >= 15 is 0 Å². The molecule has 5 heteroatoms. The highest BCUT2D eigenvalue weighted by molar-refractivity contribution is 9.09. The number of urea groups is 1. The maximum Gasteiger partial charge on any atom is 0.325 e. The Kier molecular flexibility index (Phi) is 3.96. The molecule has 1 aliphatic heterocycles. The first-order valence-electron chi connectivity index (χ1n) is 7.00. The molecule has 3 amide bonds. The number of imide groups is 1. The van der Waals surface area contributed by atoms with Crippen molar-refractivity contribution in [1.82, 2.24) is 10.2 Å². The van der Waals surface area contributed by atoms with E-state index in [0.717, 1.165) is 31.0 Å². The van der Waals surface area contributed by atoms with Crippen molar-refractivity contribution < 1.29 is 9.59 Å². The number of carbonyl (C=O) groups excluding carboxylic acids is 2. The summed E-state index contributed by atoms with van der Waals surface area (Å²) in [5, 5.41) is 3.72. The first-order chi connectivity index (χ1) is 8.80. The lowest BCUT2D eigenvalue weighted by Crippen LogP contribution is -2.45. The minimum Gasteiger partial charge on any atom is -0.323 e. The van der Waals surface area contributed by atoms with E-state index in [9.17, 15) is 9.59 Å². The minimum atomic E-state index is -0.578. The van der Waals surface area contributed by atoms with Crippen molar-refractivity contribution in [3.63, 3.8) is 0 Å². The molecular weight excluding hydrogens is 308 g/mol.